The number of benzene rings is 1. The van der Waals surface area contributed by atoms with Crippen LogP contribution in [0.3, 0.4) is 0 Å². The van der Waals surface area contributed by atoms with E-state index in [1.165, 1.54) is 0 Å². The van der Waals surface area contributed by atoms with E-state index in [1.807, 2.05) is 38.2 Å². The van der Waals surface area contributed by atoms with Crippen molar-refractivity contribution in [2.75, 3.05) is 29.9 Å². The number of hydrogen-bond acceptors (Lipinski definition) is 4. The number of aromatic nitrogens is 1. The van der Waals surface area contributed by atoms with Crippen molar-refractivity contribution in [2.45, 2.75) is 19.8 Å². The lowest BCUT2D eigenvalue weighted by atomic mass is 9.95. The van der Waals surface area contributed by atoms with Crippen molar-refractivity contribution < 1.29 is 4.79 Å². The number of hydrogen-bond donors (Lipinski definition) is 0. The molecule has 1 aliphatic rings. The molecule has 0 spiro atoms. The highest BCUT2D eigenvalue weighted by Crippen LogP contribution is 2.28. The molecule has 0 saturated carbocycles. The number of rotatable bonds is 3. The maximum atomic E-state index is 12.9. The van der Waals surface area contributed by atoms with Gasteiger partial charge in [0.2, 0.25) is 5.91 Å². The van der Waals surface area contributed by atoms with Gasteiger partial charge in [-0.05, 0) is 49.6 Å². The van der Waals surface area contributed by atoms with Crippen molar-refractivity contribution in [1.82, 2.24) is 4.98 Å². The molecule has 0 atom stereocenters. The molecule has 6 heteroatoms. The number of halogens is 1. The fourth-order valence-electron chi connectivity index (χ4n) is 3.33. The van der Waals surface area contributed by atoms with Gasteiger partial charge in [-0.25, -0.2) is 4.98 Å². The number of piperidine rings is 1. The van der Waals surface area contributed by atoms with Gasteiger partial charge < -0.3 is 9.80 Å². The second-order valence-electron chi connectivity index (χ2n) is 6.61. The van der Waals surface area contributed by atoms with Gasteiger partial charge in [0, 0.05) is 43.0 Å². The highest BCUT2D eigenvalue weighted by atomic mass is 35.5. The lowest BCUT2D eigenvalue weighted by Gasteiger charge is -2.34. The third kappa shape index (κ3) is 3.81. The van der Waals surface area contributed by atoms with Crippen LogP contribution in [-0.2, 0) is 4.79 Å². The molecule has 134 valence electrons. The van der Waals surface area contributed by atoms with E-state index in [2.05, 4.69) is 16.0 Å². The zero-order valence-corrected chi connectivity index (χ0v) is 15.7. The minimum Gasteiger partial charge on any atom is -0.357 e. The number of nitriles is 1. The van der Waals surface area contributed by atoms with Crippen LogP contribution in [0.2, 0.25) is 5.02 Å². The highest BCUT2D eigenvalue weighted by Gasteiger charge is 2.28. The highest BCUT2D eigenvalue weighted by molar-refractivity contribution is 6.31. The van der Waals surface area contributed by atoms with Gasteiger partial charge in [-0.15, -0.1) is 0 Å². The number of carbonyl (C=O) groups excluding carboxylic acids is 1. The summed E-state index contributed by atoms with van der Waals surface area (Å²) in [4.78, 5) is 21.1. The van der Waals surface area contributed by atoms with Crippen molar-refractivity contribution in [3.8, 4) is 6.07 Å². The molecule has 2 heterocycles. The van der Waals surface area contributed by atoms with E-state index in [4.69, 9.17) is 16.9 Å². The summed E-state index contributed by atoms with van der Waals surface area (Å²) >= 11 is 6.09. The van der Waals surface area contributed by atoms with Crippen LogP contribution in [0.4, 0.5) is 11.5 Å². The topological polar surface area (TPSA) is 60.2 Å². The summed E-state index contributed by atoms with van der Waals surface area (Å²) in [7, 11) is 1.82. The average Bonchev–Trinajstić information content (AvgIpc) is 2.69. The smallest absolute Gasteiger partial charge is 0.229 e. The Hall–Kier alpha value is -2.58. The first-order chi connectivity index (χ1) is 12.5. The van der Waals surface area contributed by atoms with Gasteiger partial charge in [-0.2, -0.15) is 5.26 Å². The lowest BCUT2D eigenvalue weighted by Crippen LogP contribution is -2.41. The standard InChI is InChI=1S/C20H21ClN4O/c1-14-3-5-17(21)11-18(14)24(2)20(26)16-7-9-25(10-8-16)19-6-4-15(12-22)13-23-19/h3-6,11,13,16H,7-10H2,1-2H3. The second-order valence-corrected chi connectivity index (χ2v) is 7.04. The fourth-order valence-corrected chi connectivity index (χ4v) is 3.50. The Balaban J connectivity index is 1.64. The first-order valence-corrected chi connectivity index (χ1v) is 9.02. The van der Waals surface area contributed by atoms with Crippen molar-refractivity contribution >= 4 is 29.0 Å². The molecule has 2 aromatic rings. The summed E-state index contributed by atoms with van der Waals surface area (Å²) in [6, 6.07) is 11.3. The number of aryl methyl sites for hydroxylation is 1. The van der Waals surface area contributed by atoms with Crippen molar-refractivity contribution in [3.05, 3.63) is 52.7 Å². The Morgan fingerprint density at radius 1 is 1.31 bits per heavy atom. The third-order valence-electron chi connectivity index (χ3n) is 4.91. The molecule has 0 radical (unpaired) electrons. The maximum absolute atomic E-state index is 12.9. The van der Waals surface area contributed by atoms with Crippen LogP contribution in [0, 0.1) is 24.2 Å². The zero-order chi connectivity index (χ0) is 18.7. The van der Waals surface area contributed by atoms with Gasteiger partial charge in [0.25, 0.3) is 0 Å². The summed E-state index contributed by atoms with van der Waals surface area (Å²) in [6.07, 6.45) is 3.15. The van der Waals surface area contributed by atoms with E-state index in [0.29, 0.717) is 10.6 Å². The minimum atomic E-state index is -0.00647. The van der Waals surface area contributed by atoms with Crippen LogP contribution >= 0.6 is 11.6 Å². The van der Waals surface area contributed by atoms with Crippen molar-refractivity contribution in [1.29, 1.82) is 5.26 Å². The molecule has 1 aliphatic heterocycles. The predicted octanol–water partition coefficient (Wildman–Crippen LogP) is 3.79. The summed E-state index contributed by atoms with van der Waals surface area (Å²) in [6.45, 7) is 3.53. The van der Waals surface area contributed by atoms with E-state index >= 15 is 0 Å². The Bertz CT molecular complexity index is 836. The number of amides is 1. The van der Waals surface area contributed by atoms with Crippen LogP contribution < -0.4 is 9.80 Å². The summed E-state index contributed by atoms with van der Waals surface area (Å²) in [5.74, 6) is 0.977. The van der Waals surface area contributed by atoms with Crippen LogP contribution in [0.15, 0.2) is 36.5 Å². The second kappa shape index (κ2) is 7.76. The monoisotopic (exact) mass is 368 g/mol. The zero-order valence-electron chi connectivity index (χ0n) is 14.9. The van der Waals surface area contributed by atoms with E-state index in [-0.39, 0.29) is 11.8 Å². The van der Waals surface area contributed by atoms with Gasteiger partial charge in [0.05, 0.1) is 5.56 Å². The lowest BCUT2D eigenvalue weighted by molar-refractivity contribution is -0.122. The number of carbonyl (C=O) groups is 1. The molecule has 1 fully saturated rings. The van der Waals surface area contributed by atoms with E-state index in [1.54, 1.807) is 17.2 Å². The molecule has 3 rings (SSSR count). The first kappa shape index (κ1) is 18.2. The summed E-state index contributed by atoms with van der Waals surface area (Å²) in [5, 5.41) is 9.49. The average molecular weight is 369 g/mol. The summed E-state index contributed by atoms with van der Waals surface area (Å²) in [5.41, 5.74) is 2.44. The number of pyridine rings is 1. The molecule has 0 unspecified atom stereocenters. The molecular formula is C20H21ClN4O. The number of anilines is 2. The molecule has 5 nitrogen and oxygen atoms in total. The van der Waals surface area contributed by atoms with Crippen LogP contribution in [0.25, 0.3) is 0 Å². The van der Waals surface area contributed by atoms with Crippen LogP contribution in [-0.4, -0.2) is 31.0 Å². The largest absolute Gasteiger partial charge is 0.357 e. The molecule has 1 aromatic carbocycles. The van der Waals surface area contributed by atoms with Gasteiger partial charge in [-0.3, -0.25) is 4.79 Å². The molecule has 1 amide bonds. The van der Waals surface area contributed by atoms with Gasteiger partial charge in [0.1, 0.15) is 11.9 Å². The molecule has 1 aromatic heterocycles. The van der Waals surface area contributed by atoms with Crippen molar-refractivity contribution in [2.24, 2.45) is 5.92 Å². The van der Waals surface area contributed by atoms with Crippen LogP contribution in [0.5, 0.6) is 0 Å². The first-order valence-electron chi connectivity index (χ1n) is 8.64. The van der Waals surface area contributed by atoms with Gasteiger partial charge in [0.15, 0.2) is 0 Å². The van der Waals surface area contributed by atoms with E-state index in [9.17, 15) is 4.79 Å². The Morgan fingerprint density at radius 2 is 2.04 bits per heavy atom. The van der Waals surface area contributed by atoms with E-state index in [0.717, 1.165) is 43.0 Å². The SMILES string of the molecule is Cc1ccc(Cl)cc1N(C)C(=O)C1CCN(c2ccc(C#N)cn2)CC1. The normalized spacial score (nSPS) is 14.8. The van der Waals surface area contributed by atoms with Gasteiger partial charge in [-0.1, -0.05) is 17.7 Å². The third-order valence-corrected chi connectivity index (χ3v) is 5.14. The minimum absolute atomic E-state index is 0.00647. The summed E-state index contributed by atoms with van der Waals surface area (Å²) < 4.78 is 0. The predicted molar refractivity (Wildman–Crippen MR) is 103 cm³/mol. The molecule has 0 bridgehead atoms. The van der Waals surface area contributed by atoms with Crippen LogP contribution in [0.1, 0.15) is 24.0 Å². The quantitative estimate of drug-likeness (QED) is 0.826. The maximum Gasteiger partial charge on any atom is 0.229 e. The molecule has 0 aliphatic carbocycles. The molecule has 26 heavy (non-hydrogen) atoms. The van der Waals surface area contributed by atoms with Gasteiger partial charge >= 0.3 is 0 Å². The molecule has 0 N–H and O–H groups in total. The Labute approximate surface area is 158 Å². The fraction of sp³-hybridized carbons (Fsp3) is 0.350. The molecular weight excluding hydrogens is 348 g/mol. The Kier molecular flexibility index (Phi) is 5.43. The van der Waals surface area contributed by atoms with Crippen molar-refractivity contribution in [3.63, 3.8) is 0 Å². The number of nitrogens with zero attached hydrogens (tertiary/aromatic N) is 4. The molecule has 1 saturated heterocycles. The Morgan fingerprint density at radius 3 is 2.65 bits per heavy atom. The van der Waals surface area contributed by atoms with E-state index < -0.39 is 0 Å².